The highest BCUT2D eigenvalue weighted by atomic mass is 16.6. The summed E-state index contributed by atoms with van der Waals surface area (Å²) in [5.74, 6) is 0.320. The zero-order valence-electron chi connectivity index (χ0n) is 22.1. The maximum atomic E-state index is 13.8. The van der Waals surface area contributed by atoms with Gasteiger partial charge in [0.15, 0.2) is 12.2 Å². The van der Waals surface area contributed by atoms with E-state index < -0.39 is 11.0 Å². The average molecular weight is 489 g/mol. The van der Waals surface area contributed by atoms with Crippen molar-refractivity contribution in [2.24, 2.45) is 28.6 Å². The van der Waals surface area contributed by atoms with Gasteiger partial charge in [0.1, 0.15) is 0 Å². The fourth-order valence-electron chi connectivity index (χ4n) is 8.38. The van der Waals surface area contributed by atoms with E-state index in [2.05, 4.69) is 19.9 Å². The third-order valence-corrected chi connectivity index (χ3v) is 10.2. The molecule has 6 heteroatoms. The Labute approximate surface area is 210 Å². The molecule has 6 nitrogen and oxygen atoms in total. The minimum Gasteiger partial charge on any atom is -0.457 e. The first-order valence-electron chi connectivity index (χ1n) is 13.9. The van der Waals surface area contributed by atoms with E-state index in [4.69, 9.17) is 9.47 Å². The summed E-state index contributed by atoms with van der Waals surface area (Å²) in [4.78, 5) is 38.6. The molecule has 4 aliphatic rings. The van der Waals surface area contributed by atoms with Gasteiger partial charge in [-0.1, -0.05) is 39.3 Å². The molecule has 4 rings (SSSR count). The molecule has 0 spiro atoms. The Hall–Kier alpha value is -1.69. The number of carbonyl (C=O) groups excluding carboxylic acids is 3. The van der Waals surface area contributed by atoms with E-state index >= 15 is 0 Å². The van der Waals surface area contributed by atoms with Crippen molar-refractivity contribution in [3.63, 3.8) is 0 Å². The number of ketones is 1. The molecule has 0 saturated heterocycles. The Kier molecular flexibility index (Phi) is 7.53. The van der Waals surface area contributed by atoms with Crippen molar-refractivity contribution in [1.29, 1.82) is 0 Å². The molecule has 0 amide bonds. The molecule has 35 heavy (non-hydrogen) atoms. The molecule has 4 aliphatic carbocycles. The average Bonchev–Trinajstić information content (AvgIpc) is 3.11. The predicted molar refractivity (Wildman–Crippen MR) is 132 cm³/mol. The Balaban J connectivity index is 1.62. The van der Waals surface area contributed by atoms with Crippen LogP contribution in [0, 0.1) is 28.6 Å². The molecular formula is C29H44O6. The van der Waals surface area contributed by atoms with Crippen molar-refractivity contribution in [2.75, 3.05) is 6.61 Å². The van der Waals surface area contributed by atoms with Crippen molar-refractivity contribution in [1.82, 2.24) is 0 Å². The molecule has 196 valence electrons. The van der Waals surface area contributed by atoms with Crippen molar-refractivity contribution >= 4 is 17.7 Å². The Morgan fingerprint density at radius 1 is 0.943 bits per heavy atom. The summed E-state index contributed by atoms with van der Waals surface area (Å²) in [5, 5.41) is 10.2. The molecule has 0 aliphatic heterocycles. The quantitative estimate of drug-likeness (QED) is 0.368. The van der Waals surface area contributed by atoms with E-state index in [-0.39, 0.29) is 54.6 Å². The highest BCUT2D eigenvalue weighted by Crippen LogP contribution is 2.68. The predicted octanol–water partition coefficient (Wildman–Crippen LogP) is 5.30. The molecular weight excluding hydrogens is 444 g/mol. The monoisotopic (exact) mass is 488 g/mol. The largest absolute Gasteiger partial charge is 0.457 e. The van der Waals surface area contributed by atoms with Crippen LogP contribution >= 0.6 is 0 Å². The lowest BCUT2D eigenvalue weighted by Crippen LogP contribution is -2.60. The number of aliphatic hydroxyl groups excluding tert-OH is 1. The van der Waals surface area contributed by atoms with Crippen LogP contribution in [0.15, 0.2) is 11.6 Å². The number of ether oxygens (including phenoxy) is 2. The maximum absolute atomic E-state index is 13.8. The number of rotatable bonds is 8. The zero-order chi connectivity index (χ0) is 25.4. The lowest BCUT2D eigenvalue weighted by atomic mass is 9.46. The third-order valence-electron chi connectivity index (χ3n) is 10.2. The van der Waals surface area contributed by atoms with Crippen LogP contribution in [0.1, 0.15) is 105 Å². The molecule has 0 radical (unpaired) electrons. The van der Waals surface area contributed by atoms with E-state index in [1.807, 2.05) is 13.8 Å². The highest BCUT2D eigenvalue weighted by Gasteiger charge is 2.68. The van der Waals surface area contributed by atoms with E-state index in [1.54, 1.807) is 0 Å². The second-order valence-electron chi connectivity index (χ2n) is 12.0. The van der Waals surface area contributed by atoms with Gasteiger partial charge < -0.3 is 14.6 Å². The highest BCUT2D eigenvalue weighted by molar-refractivity contribution is 5.93. The number of esters is 2. The van der Waals surface area contributed by atoms with Crippen LogP contribution in [0.5, 0.6) is 0 Å². The van der Waals surface area contributed by atoms with E-state index in [1.165, 1.54) is 5.57 Å². The van der Waals surface area contributed by atoms with Crippen molar-refractivity contribution in [3.05, 3.63) is 11.6 Å². The van der Waals surface area contributed by atoms with Gasteiger partial charge in [-0.25, -0.2) is 0 Å². The normalized spacial score (nSPS) is 40.1. The summed E-state index contributed by atoms with van der Waals surface area (Å²) >= 11 is 0. The minimum absolute atomic E-state index is 0.104. The van der Waals surface area contributed by atoms with Gasteiger partial charge in [-0.05, 0) is 87.4 Å². The van der Waals surface area contributed by atoms with Crippen LogP contribution in [0.25, 0.3) is 0 Å². The van der Waals surface area contributed by atoms with Gasteiger partial charge in [0.2, 0.25) is 5.78 Å². The third kappa shape index (κ3) is 4.38. The minimum atomic E-state index is -1.22. The number of hydrogen-bond acceptors (Lipinski definition) is 6. The Bertz CT molecular complexity index is 878. The summed E-state index contributed by atoms with van der Waals surface area (Å²) < 4.78 is 11.5. The van der Waals surface area contributed by atoms with Crippen LogP contribution in [0.3, 0.4) is 0 Å². The topological polar surface area (TPSA) is 89.9 Å². The van der Waals surface area contributed by atoms with Crippen LogP contribution in [-0.4, -0.2) is 41.1 Å². The molecule has 4 unspecified atom stereocenters. The van der Waals surface area contributed by atoms with Gasteiger partial charge in [0, 0.05) is 18.3 Å². The number of hydrogen-bond donors (Lipinski definition) is 1. The molecule has 0 aromatic rings. The van der Waals surface area contributed by atoms with Crippen LogP contribution in [0.2, 0.25) is 0 Å². The van der Waals surface area contributed by atoms with Crippen molar-refractivity contribution in [2.45, 2.75) is 116 Å². The summed E-state index contributed by atoms with van der Waals surface area (Å²) in [5.41, 5.74) is -0.162. The van der Waals surface area contributed by atoms with Crippen LogP contribution in [-0.2, 0) is 23.9 Å². The zero-order valence-corrected chi connectivity index (χ0v) is 22.1. The van der Waals surface area contributed by atoms with Gasteiger partial charge in [-0.15, -0.1) is 0 Å². The first kappa shape index (κ1) is 26.4. The summed E-state index contributed by atoms with van der Waals surface area (Å²) in [7, 11) is 0. The van der Waals surface area contributed by atoms with E-state index in [0.29, 0.717) is 31.1 Å². The van der Waals surface area contributed by atoms with Gasteiger partial charge in [-0.2, -0.15) is 0 Å². The number of Topliss-reactive ketones (excluding diaryl/α,β-unsaturated/α-hetero) is 1. The van der Waals surface area contributed by atoms with Gasteiger partial charge in [-0.3, -0.25) is 14.4 Å². The first-order valence-corrected chi connectivity index (χ1v) is 13.9. The summed E-state index contributed by atoms with van der Waals surface area (Å²) in [6.45, 7) is 8.05. The second-order valence-corrected chi connectivity index (χ2v) is 12.0. The Morgan fingerprint density at radius 2 is 1.63 bits per heavy atom. The lowest BCUT2D eigenvalue weighted by molar-refractivity contribution is -0.192. The molecule has 3 saturated carbocycles. The van der Waals surface area contributed by atoms with Gasteiger partial charge >= 0.3 is 11.9 Å². The fourth-order valence-corrected chi connectivity index (χ4v) is 8.38. The maximum Gasteiger partial charge on any atom is 0.306 e. The summed E-state index contributed by atoms with van der Waals surface area (Å²) in [6.07, 6.45) is 10.7. The molecule has 0 aromatic carbocycles. The lowest BCUT2D eigenvalue weighted by Gasteiger charge is -2.59. The molecule has 0 bridgehead atoms. The van der Waals surface area contributed by atoms with E-state index in [9.17, 15) is 19.5 Å². The number of allylic oxidation sites excluding steroid dienone is 1. The molecule has 0 aromatic heterocycles. The van der Waals surface area contributed by atoms with E-state index in [0.717, 1.165) is 44.9 Å². The summed E-state index contributed by atoms with van der Waals surface area (Å²) in [6, 6.07) is 0. The Morgan fingerprint density at radius 3 is 2.34 bits per heavy atom. The number of fused-ring (bicyclic) bond motifs is 5. The standard InChI is InChI=1S/C29H44O6/c1-5-7-25(32)34-18-24(31)29(35-26(33)8-6-2)16-13-23-21-10-9-19-17-20(30)11-14-27(19,3)22(21)12-15-28(23,29)4/h17,20-23,30H,5-16,18H2,1-4H3/t20?,21?,22?,23?,27-,28-,29-/m0/s1. The molecule has 7 atom stereocenters. The van der Waals surface area contributed by atoms with Crippen molar-refractivity contribution < 1.29 is 29.0 Å². The fraction of sp³-hybridized carbons (Fsp3) is 0.828. The number of aliphatic hydroxyl groups is 1. The second kappa shape index (κ2) is 9.99. The van der Waals surface area contributed by atoms with Gasteiger partial charge in [0.25, 0.3) is 0 Å². The van der Waals surface area contributed by atoms with Crippen molar-refractivity contribution in [3.8, 4) is 0 Å². The molecule has 1 N–H and O–H groups in total. The molecule has 0 heterocycles. The van der Waals surface area contributed by atoms with Crippen LogP contribution < -0.4 is 0 Å². The first-order chi connectivity index (χ1) is 16.6. The number of carbonyl (C=O) groups is 3. The van der Waals surface area contributed by atoms with Gasteiger partial charge in [0.05, 0.1) is 6.10 Å². The van der Waals surface area contributed by atoms with Crippen LogP contribution in [0.4, 0.5) is 0 Å². The SMILES string of the molecule is CCCC(=O)OCC(=O)[C@@]1(OC(=O)CCC)CCC2C3CCC4=CC(O)CC[C@]4(C)C3CC[C@@]21C. The smallest absolute Gasteiger partial charge is 0.306 e. The molecule has 3 fully saturated rings.